The molecule has 2 saturated heterocycles. The molecule has 0 aliphatic carbocycles. The van der Waals surface area contributed by atoms with E-state index in [0.717, 1.165) is 25.9 Å². The Hall–Kier alpha value is -0.980. The highest BCUT2D eigenvalue weighted by atomic mass is 79.9. The van der Waals surface area contributed by atoms with E-state index in [4.69, 9.17) is 16.3 Å². The summed E-state index contributed by atoms with van der Waals surface area (Å²) in [6, 6.07) is 3.50. The van der Waals surface area contributed by atoms with Crippen LogP contribution in [-0.4, -0.2) is 35.3 Å². The summed E-state index contributed by atoms with van der Waals surface area (Å²) in [6.07, 6.45) is 2.59. The van der Waals surface area contributed by atoms with Gasteiger partial charge in [-0.25, -0.2) is 9.37 Å². The molecule has 2 bridgehead atoms. The number of anilines is 1. The molecular weight excluding hydrogens is 361 g/mol. The molecule has 0 spiro atoms. The van der Waals surface area contributed by atoms with Crippen LogP contribution in [0.4, 0.5) is 10.2 Å². The number of hydrogen-bond donors (Lipinski definition) is 0. The smallest absolute Gasteiger partial charge is 0.225 e. The van der Waals surface area contributed by atoms with Crippen LogP contribution in [0.1, 0.15) is 12.8 Å². The Morgan fingerprint density at radius 1 is 1.24 bits per heavy atom. The highest BCUT2D eigenvalue weighted by Gasteiger charge is 2.35. The molecule has 1 aromatic heterocycles. The highest BCUT2D eigenvalue weighted by Crippen LogP contribution is 2.34. The fourth-order valence-corrected chi connectivity index (χ4v) is 3.61. The number of aromatic nitrogens is 2. The molecule has 2 fully saturated rings. The largest absolute Gasteiger partial charge is 0.371 e. The normalized spacial score (nSPS) is 24.8. The molecule has 3 heterocycles. The van der Waals surface area contributed by atoms with Crippen molar-refractivity contribution in [3.05, 3.63) is 27.7 Å². The quantitative estimate of drug-likeness (QED) is 0.718. The molecule has 110 valence electrons. The third-order valence-electron chi connectivity index (χ3n) is 4.06. The van der Waals surface area contributed by atoms with E-state index in [2.05, 4.69) is 30.8 Å². The zero-order chi connectivity index (χ0) is 14.6. The van der Waals surface area contributed by atoms with Crippen molar-refractivity contribution < 1.29 is 9.13 Å². The van der Waals surface area contributed by atoms with Gasteiger partial charge in [-0.2, -0.15) is 4.98 Å². The van der Waals surface area contributed by atoms with E-state index in [9.17, 15) is 4.39 Å². The van der Waals surface area contributed by atoms with Gasteiger partial charge in [-0.15, -0.1) is 0 Å². The van der Waals surface area contributed by atoms with E-state index in [1.165, 1.54) is 0 Å². The number of fused-ring (bicyclic) bond motifs is 3. The lowest BCUT2D eigenvalue weighted by Gasteiger charge is -2.33. The van der Waals surface area contributed by atoms with Gasteiger partial charge in [-0.1, -0.05) is 0 Å². The molecule has 2 atom stereocenters. The second kappa shape index (κ2) is 5.04. The molecule has 1 aromatic carbocycles. The van der Waals surface area contributed by atoms with Crippen LogP contribution in [0.5, 0.6) is 0 Å². The Balaban J connectivity index is 1.86. The van der Waals surface area contributed by atoms with Gasteiger partial charge in [0.25, 0.3) is 0 Å². The molecule has 0 radical (unpaired) electrons. The van der Waals surface area contributed by atoms with Crippen LogP contribution in [0.15, 0.2) is 16.6 Å². The first-order chi connectivity index (χ1) is 10.1. The zero-order valence-electron chi connectivity index (χ0n) is 11.0. The minimum atomic E-state index is -0.408. The van der Waals surface area contributed by atoms with E-state index in [1.54, 1.807) is 6.07 Å². The Bertz CT molecular complexity index is 717. The summed E-state index contributed by atoms with van der Waals surface area (Å²) in [6.45, 7) is 1.52. The number of ether oxygens (including phenoxy) is 1. The summed E-state index contributed by atoms with van der Waals surface area (Å²) in [5.41, 5.74) is 0.248. The maximum absolute atomic E-state index is 14.3. The molecule has 4 nitrogen and oxygen atoms in total. The molecule has 2 aromatic rings. The molecule has 0 saturated carbocycles. The first-order valence-corrected chi connectivity index (χ1v) is 8.00. The SMILES string of the molecule is Fc1c(Br)ccc2c(N3C[C@H]4CC[C@@H](C3)O4)nc(Cl)nc12. The van der Waals surface area contributed by atoms with Crippen LogP contribution in [-0.2, 0) is 4.74 Å². The van der Waals surface area contributed by atoms with Crippen molar-refractivity contribution in [2.45, 2.75) is 25.0 Å². The van der Waals surface area contributed by atoms with E-state index in [0.29, 0.717) is 15.7 Å². The molecule has 4 rings (SSSR count). The average molecular weight is 373 g/mol. The standard InChI is InChI=1S/C14H12BrClFN3O/c15-10-4-3-9-12(11(10)17)18-14(16)19-13(9)20-5-7-1-2-8(6-20)21-7/h3-4,7-8H,1-2,5-6H2/t7-,8+. The van der Waals surface area contributed by atoms with Gasteiger partial charge in [0.05, 0.1) is 16.7 Å². The number of benzene rings is 1. The monoisotopic (exact) mass is 371 g/mol. The molecule has 2 aliphatic heterocycles. The summed E-state index contributed by atoms with van der Waals surface area (Å²) < 4.78 is 20.5. The minimum Gasteiger partial charge on any atom is -0.371 e. The fraction of sp³-hybridized carbons (Fsp3) is 0.429. The molecule has 0 N–H and O–H groups in total. The van der Waals surface area contributed by atoms with Gasteiger partial charge < -0.3 is 9.64 Å². The van der Waals surface area contributed by atoms with Crippen LogP contribution < -0.4 is 4.90 Å². The average Bonchev–Trinajstić information content (AvgIpc) is 2.81. The number of halogens is 3. The Labute approximate surface area is 134 Å². The molecular formula is C14H12BrClFN3O. The number of hydrogen-bond acceptors (Lipinski definition) is 4. The van der Waals surface area contributed by atoms with E-state index >= 15 is 0 Å². The second-order valence-corrected chi connectivity index (χ2v) is 6.63. The predicted molar refractivity (Wildman–Crippen MR) is 82.3 cm³/mol. The number of morpholine rings is 1. The summed E-state index contributed by atoms with van der Waals surface area (Å²) in [4.78, 5) is 10.5. The van der Waals surface area contributed by atoms with Crippen LogP contribution in [0.25, 0.3) is 10.9 Å². The van der Waals surface area contributed by atoms with Gasteiger partial charge >= 0.3 is 0 Å². The fourth-order valence-electron chi connectivity index (χ4n) is 3.12. The number of rotatable bonds is 1. The third-order valence-corrected chi connectivity index (χ3v) is 4.84. The van der Waals surface area contributed by atoms with Gasteiger partial charge in [0.15, 0.2) is 5.82 Å². The van der Waals surface area contributed by atoms with Crippen molar-refractivity contribution >= 4 is 44.3 Å². The van der Waals surface area contributed by atoms with Crippen molar-refractivity contribution in [1.82, 2.24) is 9.97 Å². The lowest BCUT2D eigenvalue weighted by molar-refractivity contribution is 0.0303. The van der Waals surface area contributed by atoms with Gasteiger partial charge in [0.2, 0.25) is 5.28 Å². The maximum atomic E-state index is 14.3. The zero-order valence-corrected chi connectivity index (χ0v) is 13.4. The van der Waals surface area contributed by atoms with Crippen LogP contribution in [0, 0.1) is 5.82 Å². The lowest BCUT2D eigenvalue weighted by atomic mass is 10.2. The first-order valence-electron chi connectivity index (χ1n) is 6.83. The molecule has 7 heteroatoms. The van der Waals surface area contributed by atoms with E-state index < -0.39 is 5.82 Å². The Kier molecular flexibility index (Phi) is 3.28. The van der Waals surface area contributed by atoms with Gasteiger partial charge in [0.1, 0.15) is 11.3 Å². The summed E-state index contributed by atoms with van der Waals surface area (Å²) in [5, 5.41) is 0.745. The van der Waals surface area contributed by atoms with Crippen molar-refractivity contribution in [3.8, 4) is 0 Å². The third kappa shape index (κ3) is 2.29. The molecule has 2 aliphatic rings. The molecule has 0 unspecified atom stereocenters. The summed E-state index contributed by atoms with van der Waals surface area (Å²) >= 11 is 9.17. The molecule has 0 amide bonds. The van der Waals surface area contributed by atoms with Crippen LogP contribution in [0.2, 0.25) is 5.28 Å². The van der Waals surface area contributed by atoms with Crippen LogP contribution in [0.3, 0.4) is 0 Å². The summed E-state index contributed by atoms with van der Waals surface area (Å²) in [7, 11) is 0. The van der Waals surface area contributed by atoms with E-state index in [-0.39, 0.29) is 23.0 Å². The highest BCUT2D eigenvalue weighted by molar-refractivity contribution is 9.10. The van der Waals surface area contributed by atoms with Crippen molar-refractivity contribution in [3.63, 3.8) is 0 Å². The van der Waals surface area contributed by atoms with Crippen molar-refractivity contribution in [2.24, 2.45) is 0 Å². The van der Waals surface area contributed by atoms with Crippen molar-refractivity contribution in [2.75, 3.05) is 18.0 Å². The summed E-state index contributed by atoms with van der Waals surface area (Å²) in [5.74, 6) is 0.283. The Morgan fingerprint density at radius 3 is 2.67 bits per heavy atom. The van der Waals surface area contributed by atoms with E-state index in [1.807, 2.05) is 6.07 Å². The topological polar surface area (TPSA) is 38.2 Å². The van der Waals surface area contributed by atoms with Gasteiger partial charge in [-0.05, 0) is 52.5 Å². The van der Waals surface area contributed by atoms with Crippen molar-refractivity contribution in [1.29, 1.82) is 0 Å². The Morgan fingerprint density at radius 2 is 1.95 bits per heavy atom. The minimum absolute atomic E-state index is 0.0633. The number of nitrogens with zero attached hydrogens (tertiary/aromatic N) is 3. The van der Waals surface area contributed by atoms with Gasteiger partial charge in [-0.3, -0.25) is 0 Å². The maximum Gasteiger partial charge on any atom is 0.225 e. The van der Waals surface area contributed by atoms with Crippen LogP contribution >= 0.6 is 27.5 Å². The predicted octanol–water partition coefficient (Wildman–Crippen LogP) is 3.55. The second-order valence-electron chi connectivity index (χ2n) is 5.44. The molecule has 21 heavy (non-hydrogen) atoms. The first kappa shape index (κ1) is 13.7. The van der Waals surface area contributed by atoms with Gasteiger partial charge in [0, 0.05) is 18.5 Å². The lowest BCUT2D eigenvalue weighted by Crippen LogP contribution is -2.43.